The maximum atomic E-state index is 15.4. The standard InChI is InChI=1S/C31H31ClF3N3O9S2/c1-17-6-10-25(46-4)22(12-17)30(38(3)16-19(39)14-24(38)28(40)36-2)21-13-18(32)7-9-23(21)37(29(30)41)49(44,45)27-11-8-20(48(5,42)43)15-26(27)47-31(33,34)35/h6-13,15,19,24,39H,14,16H2,1-5H3/p+1/t19-,24+,30?,38?/m1/s1. The number of aryl methyl sites for hydroxylation is 1. The second-order valence-corrected chi connectivity index (χ2v) is 16.3. The van der Waals surface area contributed by atoms with E-state index in [0.29, 0.717) is 28.3 Å². The highest BCUT2D eigenvalue weighted by atomic mass is 35.5. The summed E-state index contributed by atoms with van der Waals surface area (Å²) in [6.07, 6.45) is -6.06. The molecule has 2 unspecified atom stereocenters. The number of benzene rings is 3. The van der Waals surface area contributed by atoms with Crippen molar-refractivity contribution in [1.82, 2.24) is 5.32 Å². The molecule has 1 saturated heterocycles. The summed E-state index contributed by atoms with van der Waals surface area (Å²) in [5.41, 5.74) is -1.91. The minimum Gasteiger partial charge on any atom is -0.496 e. The van der Waals surface area contributed by atoms with Crippen molar-refractivity contribution in [1.29, 1.82) is 0 Å². The molecule has 2 N–H and O–H groups in total. The zero-order valence-electron chi connectivity index (χ0n) is 26.7. The Morgan fingerprint density at radius 3 is 2.33 bits per heavy atom. The fourth-order valence-corrected chi connectivity index (χ4v) is 9.36. The van der Waals surface area contributed by atoms with Crippen molar-refractivity contribution in [2.75, 3.05) is 38.3 Å². The van der Waals surface area contributed by atoms with Gasteiger partial charge in [0.2, 0.25) is 5.54 Å². The number of ether oxygens (including phenoxy) is 2. The normalized spacial score (nSPS) is 24.1. The number of hydrogen-bond acceptors (Lipinski definition) is 9. The van der Waals surface area contributed by atoms with Gasteiger partial charge in [0.25, 0.3) is 15.9 Å². The number of aliphatic hydroxyl groups excluding tert-OH is 1. The first kappa shape index (κ1) is 36.4. The Morgan fingerprint density at radius 1 is 1.06 bits per heavy atom. The van der Waals surface area contributed by atoms with E-state index in [-0.39, 0.29) is 40.6 Å². The molecule has 49 heavy (non-hydrogen) atoms. The van der Waals surface area contributed by atoms with Crippen molar-refractivity contribution in [2.45, 2.75) is 47.2 Å². The molecule has 0 aromatic heterocycles. The van der Waals surface area contributed by atoms with Gasteiger partial charge in [-0.25, -0.2) is 16.8 Å². The van der Waals surface area contributed by atoms with Gasteiger partial charge in [-0.2, -0.15) is 4.31 Å². The number of sulfone groups is 1. The van der Waals surface area contributed by atoms with Crippen molar-refractivity contribution in [3.8, 4) is 11.5 Å². The number of carbonyl (C=O) groups is 2. The first-order valence-corrected chi connectivity index (χ1v) is 18.2. The fraction of sp³-hybridized carbons (Fsp3) is 0.355. The summed E-state index contributed by atoms with van der Waals surface area (Å²) in [7, 11) is -5.38. The molecular weight excluding hydrogens is 715 g/mol. The molecule has 2 heterocycles. The smallest absolute Gasteiger partial charge is 0.496 e. The number of fused-ring (bicyclic) bond motifs is 1. The van der Waals surface area contributed by atoms with Crippen LogP contribution in [0.2, 0.25) is 5.02 Å². The van der Waals surface area contributed by atoms with E-state index < -0.39 is 75.7 Å². The minimum absolute atomic E-state index is 0.0447. The van der Waals surface area contributed by atoms with E-state index in [2.05, 4.69) is 10.1 Å². The third kappa shape index (κ3) is 5.80. The Kier molecular flexibility index (Phi) is 9.02. The van der Waals surface area contributed by atoms with Gasteiger partial charge in [-0.05, 0) is 49.4 Å². The highest BCUT2D eigenvalue weighted by Gasteiger charge is 2.72. The van der Waals surface area contributed by atoms with E-state index in [1.54, 1.807) is 19.1 Å². The Labute approximate surface area is 285 Å². The van der Waals surface area contributed by atoms with Crippen LogP contribution >= 0.6 is 11.6 Å². The van der Waals surface area contributed by atoms with Gasteiger partial charge in [0.1, 0.15) is 23.3 Å². The zero-order chi connectivity index (χ0) is 36.5. The second-order valence-electron chi connectivity index (χ2n) is 12.0. The van der Waals surface area contributed by atoms with E-state index in [9.17, 15) is 39.9 Å². The molecule has 0 aliphatic carbocycles. The molecule has 12 nitrogen and oxygen atoms in total. The molecule has 0 radical (unpaired) electrons. The molecule has 264 valence electrons. The number of aliphatic hydroxyl groups is 1. The topological polar surface area (TPSA) is 156 Å². The number of anilines is 1. The number of likely N-dealkylation sites (tertiary alicyclic amines) is 1. The van der Waals surface area contributed by atoms with Crippen LogP contribution in [0.4, 0.5) is 18.9 Å². The number of halogens is 4. The number of quaternary nitrogens is 1. The molecule has 5 rings (SSSR count). The molecule has 0 spiro atoms. The van der Waals surface area contributed by atoms with Gasteiger partial charge in [-0.1, -0.05) is 23.2 Å². The lowest BCUT2D eigenvalue weighted by atomic mass is 9.78. The zero-order valence-corrected chi connectivity index (χ0v) is 29.1. The molecule has 18 heteroatoms. The van der Waals surface area contributed by atoms with Crippen LogP contribution in [0, 0.1) is 6.92 Å². The van der Waals surface area contributed by atoms with Crippen molar-refractivity contribution < 1.29 is 58.7 Å². The highest BCUT2D eigenvalue weighted by molar-refractivity contribution is 7.93. The van der Waals surface area contributed by atoms with Gasteiger partial charge >= 0.3 is 12.3 Å². The van der Waals surface area contributed by atoms with Gasteiger partial charge in [0, 0.05) is 30.8 Å². The Hall–Kier alpha value is -3.90. The highest BCUT2D eigenvalue weighted by Crippen LogP contribution is 2.58. The Balaban J connectivity index is 1.92. The third-order valence-corrected chi connectivity index (χ3v) is 12.1. The van der Waals surface area contributed by atoms with Crippen molar-refractivity contribution >= 4 is 49.0 Å². The summed E-state index contributed by atoms with van der Waals surface area (Å²) in [5, 5.41) is 13.6. The maximum absolute atomic E-state index is 15.4. The number of alkyl halides is 3. The first-order valence-electron chi connectivity index (χ1n) is 14.5. The molecular formula is C31H32ClF3N3O9S2+. The average molecular weight is 747 g/mol. The predicted octanol–water partition coefficient (Wildman–Crippen LogP) is 3.26. The van der Waals surface area contributed by atoms with E-state index >= 15 is 4.79 Å². The number of carbonyl (C=O) groups excluding carboxylic acids is 2. The number of methoxy groups -OCH3 is 1. The molecule has 2 aliphatic heterocycles. The minimum atomic E-state index is -5.47. The van der Waals surface area contributed by atoms with Crippen LogP contribution < -0.4 is 19.1 Å². The summed E-state index contributed by atoms with van der Waals surface area (Å²) < 4.78 is 104. The van der Waals surface area contributed by atoms with Crippen LogP contribution in [-0.2, 0) is 35.0 Å². The van der Waals surface area contributed by atoms with Crippen LogP contribution in [0.5, 0.6) is 11.5 Å². The van der Waals surface area contributed by atoms with Gasteiger partial charge in [0.15, 0.2) is 21.6 Å². The lowest BCUT2D eigenvalue weighted by Gasteiger charge is -2.48. The number of nitrogens with one attached hydrogen (secondary N) is 1. The number of amides is 2. The van der Waals surface area contributed by atoms with Crippen LogP contribution in [0.1, 0.15) is 23.1 Å². The molecule has 4 atom stereocenters. The molecule has 3 aromatic carbocycles. The Bertz CT molecular complexity index is 2100. The summed E-state index contributed by atoms with van der Waals surface area (Å²) in [6.45, 7) is 1.44. The largest absolute Gasteiger partial charge is 0.573 e. The van der Waals surface area contributed by atoms with Gasteiger partial charge in [0.05, 0.1) is 35.9 Å². The van der Waals surface area contributed by atoms with E-state index in [1.807, 2.05) is 0 Å². The number of likely N-dealkylation sites (N-methyl/N-ethyl adjacent to an activating group) is 2. The number of hydrogen-bond donors (Lipinski definition) is 2. The molecule has 2 amide bonds. The fourth-order valence-electron chi connectivity index (χ4n) is 6.99. The quantitative estimate of drug-likeness (QED) is 0.331. The van der Waals surface area contributed by atoms with E-state index in [0.717, 1.165) is 6.07 Å². The van der Waals surface area contributed by atoms with E-state index in [1.165, 1.54) is 45.5 Å². The van der Waals surface area contributed by atoms with Crippen LogP contribution in [0.25, 0.3) is 0 Å². The Morgan fingerprint density at radius 2 is 1.73 bits per heavy atom. The number of sulfonamides is 1. The molecule has 3 aromatic rings. The molecule has 0 saturated carbocycles. The van der Waals surface area contributed by atoms with Crippen LogP contribution in [0.3, 0.4) is 0 Å². The second kappa shape index (κ2) is 12.2. The number of nitrogens with zero attached hydrogens (tertiary/aromatic N) is 2. The number of rotatable bonds is 8. The van der Waals surface area contributed by atoms with Crippen LogP contribution in [-0.4, -0.2) is 90.8 Å². The lowest BCUT2D eigenvalue weighted by molar-refractivity contribution is -0.953. The van der Waals surface area contributed by atoms with Crippen molar-refractivity contribution in [3.63, 3.8) is 0 Å². The maximum Gasteiger partial charge on any atom is 0.573 e. The van der Waals surface area contributed by atoms with Gasteiger partial charge < -0.3 is 19.9 Å². The SMILES string of the molecule is CNC(=O)[C@@H]1C[C@@H](O)C[N+]1(C)C1(c2cc(C)ccc2OC)C(=O)N(S(=O)(=O)c2ccc(S(C)(=O)=O)cc2OC(F)(F)F)c2ccc(Cl)cc21. The molecule has 1 fully saturated rings. The summed E-state index contributed by atoms with van der Waals surface area (Å²) in [6, 6.07) is 9.17. The van der Waals surface area contributed by atoms with Gasteiger partial charge in [-0.3, -0.25) is 14.1 Å². The molecule has 0 bridgehead atoms. The average Bonchev–Trinajstić information content (AvgIpc) is 3.45. The first-order chi connectivity index (χ1) is 22.6. The van der Waals surface area contributed by atoms with E-state index in [4.69, 9.17) is 16.3 Å². The lowest BCUT2D eigenvalue weighted by Crippen LogP contribution is -2.69. The van der Waals surface area contributed by atoms with Gasteiger partial charge in [-0.15, -0.1) is 13.2 Å². The van der Waals surface area contributed by atoms with Crippen molar-refractivity contribution in [3.05, 3.63) is 76.3 Å². The molecule has 2 aliphatic rings. The summed E-state index contributed by atoms with van der Waals surface area (Å²) >= 11 is 6.49. The monoisotopic (exact) mass is 746 g/mol. The summed E-state index contributed by atoms with van der Waals surface area (Å²) in [5.74, 6) is -3.12. The predicted molar refractivity (Wildman–Crippen MR) is 170 cm³/mol. The third-order valence-electron chi connectivity index (χ3n) is 8.98. The van der Waals surface area contributed by atoms with Crippen molar-refractivity contribution in [2.24, 2.45) is 0 Å². The summed E-state index contributed by atoms with van der Waals surface area (Å²) in [4.78, 5) is 27.1. The van der Waals surface area contributed by atoms with Crippen LogP contribution in [0.15, 0.2) is 64.4 Å².